The minimum Gasteiger partial charge on any atom is -0.319 e. The van der Waals surface area contributed by atoms with Crippen LogP contribution in [0.2, 0.25) is 0 Å². The van der Waals surface area contributed by atoms with Crippen LogP contribution >= 0.6 is 0 Å². The summed E-state index contributed by atoms with van der Waals surface area (Å²) in [7, 11) is 2.06. The highest BCUT2D eigenvalue weighted by molar-refractivity contribution is 5.35. The molecule has 1 heteroatoms. The summed E-state index contributed by atoms with van der Waals surface area (Å²) >= 11 is 0. The van der Waals surface area contributed by atoms with E-state index in [1.54, 1.807) is 11.1 Å². The van der Waals surface area contributed by atoms with Crippen molar-refractivity contribution < 1.29 is 0 Å². The van der Waals surface area contributed by atoms with E-state index in [1.807, 2.05) is 0 Å². The summed E-state index contributed by atoms with van der Waals surface area (Å²) in [5.74, 6) is 0.696. The van der Waals surface area contributed by atoms with Crippen molar-refractivity contribution in [1.29, 1.82) is 0 Å². The van der Waals surface area contributed by atoms with Crippen molar-refractivity contribution >= 4 is 0 Å². The molecule has 1 aromatic carbocycles. The monoisotopic (exact) mass is 245 g/mol. The fourth-order valence-corrected chi connectivity index (χ4v) is 2.97. The van der Waals surface area contributed by atoms with Crippen LogP contribution in [0.5, 0.6) is 0 Å². The van der Waals surface area contributed by atoms with Gasteiger partial charge in [0.05, 0.1) is 0 Å². The van der Waals surface area contributed by atoms with Gasteiger partial charge in [0, 0.05) is 0 Å². The number of benzene rings is 1. The molecule has 0 saturated heterocycles. The molecule has 0 amide bonds. The van der Waals surface area contributed by atoms with Gasteiger partial charge in [-0.05, 0) is 67.3 Å². The third-order valence-corrected chi connectivity index (χ3v) is 4.32. The van der Waals surface area contributed by atoms with Gasteiger partial charge in [0.2, 0.25) is 0 Å². The number of aryl methyl sites for hydroxylation is 2. The molecule has 0 radical (unpaired) electrons. The van der Waals surface area contributed by atoms with Crippen LogP contribution in [0, 0.1) is 11.3 Å². The zero-order valence-electron chi connectivity index (χ0n) is 12.3. The molecule has 100 valence electrons. The average molecular weight is 245 g/mol. The molecule has 1 unspecified atom stereocenters. The third kappa shape index (κ3) is 3.14. The Morgan fingerprint density at radius 1 is 1.17 bits per heavy atom. The number of hydrogen-bond acceptors (Lipinski definition) is 1. The highest BCUT2D eigenvalue weighted by Gasteiger charge is 2.24. The lowest BCUT2D eigenvalue weighted by Gasteiger charge is -2.31. The van der Waals surface area contributed by atoms with Gasteiger partial charge in [-0.3, -0.25) is 0 Å². The van der Waals surface area contributed by atoms with E-state index in [0.717, 1.165) is 6.54 Å². The van der Waals surface area contributed by atoms with Crippen molar-refractivity contribution in [1.82, 2.24) is 5.32 Å². The molecular weight excluding hydrogens is 218 g/mol. The number of fused-ring (bicyclic) bond motifs is 1. The van der Waals surface area contributed by atoms with Crippen LogP contribution in [0.25, 0.3) is 0 Å². The second kappa shape index (κ2) is 5.44. The van der Waals surface area contributed by atoms with Gasteiger partial charge in [-0.2, -0.15) is 0 Å². The van der Waals surface area contributed by atoms with Gasteiger partial charge in [-0.1, -0.05) is 39.0 Å². The van der Waals surface area contributed by atoms with E-state index in [9.17, 15) is 0 Å². The number of hydrogen-bond donors (Lipinski definition) is 1. The lowest BCUT2D eigenvalue weighted by atomic mass is 9.77. The maximum atomic E-state index is 3.35. The molecule has 2 rings (SSSR count). The number of rotatable bonds is 4. The van der Waals surface area contributed by atoms with Crippen LogP contribution in [0.3, 0.4) is 0 Å². The van der Waals surface area contributed by atoms with Crippen molar-refractivity contribution in [3.05, 3.63) is 34.9 Å². The first-order chi connectivity index (χ1) is 8.50. The molecule has 0 aliphatic heterocycles. The predicted octanol–water partition coefficient (Wildman–Crippen LogP) is 3.60. The van der Waals surface area contributed by atoms with Gasteiger partial charge in [0.25, 0.3) is 0 Å². The zero-order valence-corrected chi connectivity index (χ0v) is 12.3. The zero-order chi connectivity index (χ0) is 13.2. The largest absolute Gasteiger partial charge is 0.319 e. The summed E-state index contributed by atoms with van der Waals surface area (Å²) in [5.41, 5.74) is 5.07. The van der Waals surface area contributed by atoms with Gasteiger partial charge >= 0.3 is 0 Å². The van der Waals surface area contributed by atoms with Crippen molar-refractivity contribution in [3.8, 4) is 0 Å². The molecule has 0 bridgehead atoms. The van der Waals surface area contributed by atoms with Crippen LogP contribution in [0.4, 0.5) is 0 Å². The molecule has 1 atom stereocenters. The molecule has 0 aromatic heterocycles. The van der Waals surface area contributed by atoms with E-state index >= 15 is 0 Å². The van der Waals surface area contributed by atoms with E-state index in [-0.39, 0.29) is 0 Å². The lowest BCUT2D eigenvalue weighted by molar-refractivity contribution is 0.235. The molecule has 1 N–H and O–H groups in total. The molecule has 0 heterocycles. The first kappa shape index (κ1) is 13.6. The fraction of sp³-hybridized carbons (Fsp3) is 0.647. The Kier molecular flexibility index (Phi) is 4.11. The molecule has 0 saturated carbocycles. The third-order valence-electron chi connectivity index (χ3n) is 4.32. The summed E-state index contributed by atoms with van der Waals surface area (Å²) in [6.45, 7) is 8.15. The van der Waals surface area contributed by atoms with Crippen LogP contribution in [-0.2, 0) is 19.3 Å². The van der Waals surface area contributed by atoms with Gasteiger partial charge < -0.3 is 5.32 Å². The second-order valence-corrected chi connectivity index (χ2v) is 6.78. The quantitative estimate of drug-likeness (QED) is 0.854. The Balaban J connectivity index is 2.11. The topological polar surface area (TPSA) is 12.0 Å². The Morgan fingerprint density at radius 3 is 2.56 bits per heavy atom. The summed E-state index contributed by atoms with van der Waals surface area (Å²) in [6, 6.07) is 7.16. The molecule has 0 spiro atoms. The van der Waals surface area contributed by atoms with Crippen molar-refractivity contribution in [3.63, 3.8) is 0 Å². The summed E-state index contributed by atoms with van der Waals surface area (Å²) in [5, 5.41) is 3.35. The van der Waals surface area contributed by atoms with Gasteiger partial charge in [-0.25, -0.2) is 0 Å². The Hall–Kier alpha value is -0.820. The standard InChI is InChI=1S/C17H27N/c1-17(2,3)16(12-18-4)11-13-8-9-14-6-5-7-15(14)10-13/h8-10,16,18H,5-7,11-12H2,1-4H3. The van der Waals surface area contributed by atoms with Crippen molar-refractivity contribution in [2.75, 3.05) is 13.6 Å². The molecule has 1 aliphatic carbocycles. The minimum absolute atomic E-state index is 0.363. The molecule has 18 heavy (non-hydrogen) atoms. The van der Waals surface area contributed by atoms with Crippen LogP contribution in [0.1, 0.15) is 43.9 Å². The molecule has 1 aliphatic rings. The van der Waals surface area contributed by atoms with Gasteiger partial charge in [-0.15, -0.1) is 0 Å². The van der Waals surface area contributed by atoms with E-state index in [0.29, 0.717) is 11.3 Å². The van der Waals surface area contributed by atoms with Gasteiger partial charge in [0.15, 0.2) is 0 Å². The highest BCUT2D eigenvalue weighted by Crippen LogP contribution is 2.30. The first-order valence-corrected chi connectivity index (χ1v) is 7.26. The maximum absolute atomic E-state index is 3.35. The molecule has 1 nitrogen and oxygen atoms in total. The van der Waals surface area contributed by atoms with Crippen LogP contribution in [0.15, 0.2) is 18.2 Å². The molecule has 1 aromatic rings. The fourth-order valence-electron chi connectivity index (χ4n) is 2.97. The molecular formula is C17H27N. The summed E-state index contributed by atoms with van der Waals surface area (Å²) < 4.78 is 0. The normalized spacial score (nSPS) is 16.7. The number of nitrogens with one attached hydrogen (secondary N) is 1. The van der Waals surface area contributed by atoms with Crippen LogP contribution < -0.4 is 5.32 Å². The highest BCUT2D eigenvalue weighted by atomic mass is 14.8. The predicted molar refractivity (Wildman–Crippen MR) is 79.0 cm³/mol. The van der Waals surface area contributed by atoms with Crippen LogP contribution in [-0.4, -0.2) is 13.6 Å². The molecule has 0 fully saturated rings. The van der Waals surface area contributed by atoms with E-state index in [4.69, 9.17) is 0 Å². The van der Waals surface area contributed by atoms with E-state index in [1.165, 1.54) is 31.2 Å². The van der Waals surface area contributed by atoms with Crippen molar-refractivity contribution in [2.24, 2.45) is 11.3 Å². The Bertz CT molecular complexity index is 401. The summed E-state index contributed by atoms with van der Waals surface area (Å²) in [6.07, 6.45) is 5.11. The second-order valence-electron chi connectivity index (χ2n) is 6.78. The van der Waals surface area contributed by atoms with E-state index in [2.05, 4.69) is 51.3 Å². The first-order valence-electron chi connectivity index (χ1n) is 7.26. The Labute approximate surface area is 112 Å². The lowest BCUT2D eigenvalue weighted by Crippen LogP contribution is -2.31. The minimum atomic E-state index is 0.363. The average Bonchev–Trinajstić information content (AvgIpc) is 2.74. The smallest absolute Gasteiger partial charge is 0.00153 e. The van der Waals surface area contributed by atoms with E-state index < -0.39 is 0 Å². The van der Waals surface area contributed by atoms with Crippen molar-refractivity contribution in [2.45, 2.75) is 46.5 Å². The maximum Gasteiger partial charge on any atom is -0.00153 e. The summed E-state index contributed by atoms with van der Waals surface area (Å²) in [4.78, 5) is 0. The SMILES string of the molecule is CNCC(Cc1ccc2c(c1)CCC2)C(C)(C)C. The Morgan fingerprint density at radius 2 is 1.89 bits per heavy atom. The van der Waals surface area contributed by atoms with Gasteiger partial charge in [0.1, 0.15) is 0 Å².